The minimum absolute atomic E-state index is 0.112. The van der Waals surface area contributed by atoms with Gasteiger partial charge in [0.2, 0.25) is 5.91 Å². The molecule has 1 amide bonds. The van der Waals surface area contributed by atoms with Crippen LogP contribution < -0.4 is 10.1 Å². The van der Waals surface area contributed by atoms with E-state index in [9.17, 15) is 9.18 Å². The van der Waals surface area contributed by atoms with Gasteiger partial charge >= 0.3 is 0 Å². The summed E-state index contributed by atoms with van der Waals surface area (Å²) in [5.41, 5.74) is 1.74. The Bertz CT molecular complexity index is 858. The Morgan fingerprint density at radius 2 is 1.88 bits per heavy atom. The van der Waals surface area contributed by atoms with Crippen LogP contribution in [-0.4, -0.2) is 18.0 Å². The Balaban J connectivity index is 1.49. The van der Waals surface area contributed by atoms with Crippen LogP contribution in [-0.2, 0) is 17.8 Å². The molecule has 0 aliphatic rings. The van der Waals surface area contributed by atoms with Gasteiger partial charge in [-0.3, -0.25) is 4.79 Å². The van der Waals surface area contributed by atoms with E-state index in [1.54, 1.807) is 25.4 Å². The lowest BCUT2D eigenvalue weighted by Crippen LogP contribution is -2.23. The van der Waals surface area contributed by atoms with E-state index >= 15 is 0 Å². The van der Waals surface area contributed by atoms with E-state index in [1.165, 1.54) is 12.1 Å². The molecule has 6 heteroatoms. The second-order valence-corrected chi connectivity index (χ2v) is 5.75. The summed E-state index contributed by atoms with van der Waals surface area (Å²) in [7, 11) is 1.61. The van der Waals surface area contributed by atoms with Crippen LogP contribution in [0.3, 0.4) is 0 Å². The zero-order valence-electron chi connectivity index (χ0n) is 14.4. The molecule has 0 unspecified atom stereocenters. The fraction of sp³-hybridized carbons (Fsp3) is 0.200. The number of aromatic nitrogens is 1. The van der Waals surface area contributed by atoms with Gasteiger partial charge in [0.1, 0.15) is 11.6 Å². The number of methoxy groups -OCH3 is 1. The van der Waals surface area contributed by atoms with E-state index in [1.807, 2.05) is 24.3 Å². The highest BCUT2D eigenvalue weighted by Crippen LogP contribution is 2.23. The van der Waals surface area contributed by atoms with E-state index in [0.29, 0.717) is 24.6 Å². The number of nitrogens with one attached hydrogen (secondary N) is 1. The highest BCUT2D eigenvalue weighted by Gasteiger charge is 2.09. The molecule has 0 spiro atoms. The van der Waals surface area contributed by atoms with Crippen molar-refractivity contribution in [1.82, 2.24) is 10.3 Å². The number of nitrogens with zero attached hydrogens (tertiary/aromatic N) is 1. The smallest absolute Gasteiger partial charge is 0.220 e. The SMILES string of the molecule is COc1ccc(-c2cnc(CCC(=O)NCc3ccc(F)cc3)o2)cc1. The Labute approximate surface area is 150 Å². The zero-order chi connectivity index (χ0) is 18.4. The monoisotopic (exact) mass is 354 g/mol. The topological polar surface area (TPSA) is 64.4 Å². The lowest BCUT2D eigenvalue weighted by atomic mass is 10.2. The fourth-order valence-electron chi connectivity index (χ4n) is 2.43. The van der Waals surface area contributed by atoms with Gasteiger partial charge in [-0.2, -0.15) is 0 Å². The molecule has 0 atom stereocenters. The average molecular weight is 354 g/mol. The molecule has 1 N–H and O–H groups in total. The van der Waals surface area contributed by atoms with E-state index in [0.717, 1.165) is 16.9 Å². The Kier molecular flexibility index (Phi) is 5.63. The quantitative estimate of drug-likeness (QED) is 0.702. The molecule has 3 rings (SSSR count). The first-order valence-corrected chi connectivity index (χ1v) is 8.24. The molecule has 0 saturated carbocycles. The molecule has 0 radical (unpaired) electrons. The van der Waals surface area contributed by atoms with E-state index in [4.69, 9.17) is 9.15 Å². The Hall–Kier alpha value is -3.15. The summed E-state index contributed by atoms with van der Waals surface area (Å²) in [5.74, 6) is 1.52. The minimum atomic E-state index is -0.295. The third-order valence-electron chi connectivity index (χ3n) is 3.90. The van der Waals surface area contributed by atoms with E-state index in [-0.39, 0.29) is 18.1 Å². The molecular weight excluding hydrogens is 335 g/mol. The molecule has 2 aromatic carbocycles. The lowest BCUT2D eigenvalue weighted by molar-refractivity contribution is -0.121. The summed E-state index contributed by atoms with van der Waals surface area (Å²) in [5, 5.41) is 2.80. The number of benzene rings is 2. The van der Waals surface area contributed by atoms with Crippen LogP contribution in [0.15, 0.2) is 59.1 Å². The first-order valence-electron chi connectivity index (χ1n) is 8.24. The van der Waals surface area contributed by atoms with Crippen molar-refractivity contribution in [2.45, 2.75) is 19.4 Å². The number of carbonyl (C=O) groups is 1. The third-order valence-corrected chi connectivity index (χ3v) is 3.90. The summed E-state index contributed by atoms with van der Waals surface area (Å²) in [4.78, 5) is 16.2. The van der Waals surface area contributed by atoms with Crippen LogP contribution >= 0.6 is 0 Å². The number of oxazole rings is 1. The molecule has 134 valence electrons. The summed E-state index contributed by atoms with van der Waals surface area (Å²) >= 11 is 0. The van der Waals surface area contributed by atoms with E-state index in [2.05, 4.69) is 10.3 Å². The number of ether oxygens (including phenoxy) is 1. The van der Waals surface area contributed by atoms with Crippen molar-refractivity contribution in [3.63, 3.8) is 0 Å². The van der Waals surface area contributed by atoms with Gasteiger partial charge < -0.3 is 14.5 Å². The molecule has 0 saturated heterocycles. The highest BCUT2D eigenvalue weighted by molar-refractivity contribution is 5.76. The normalized spacial score (nSPS) is 10.5. The van der Waals surface area contributed by atoms with Crippen LogP contribution in [0.25, 0.3) is 11.3 Å². The number of hydrogen-bond donors (Lipinski definition) is 1. The van der Waals surface area contributed by atoms with Gasteiger partial charge in [0, 0.05) is 24.9 Å². The van der Waals surface area contributed by atoms with Crippen LogP contribution in [0, 0.1) is 5.82 Å². The van der Waals surface area contributed by atoms with Gasteiger partial charge in [0.25, 0.3) is 0 Å². The van der Waals surface area contributed by atoms with Crippen molar-refractivity contribution in [3.05, 3.63) is 72.0 Å². The number of carbonyl (C=O) groups excluding carboxylic acids is 1. The van der Waals surface area contributed by atoms with Gasteiger partial charge in [0.15, 0.2) is 11.7 Å². The summed E-state index contributed by atoms with van der Waals surface area (Å²) in [6, 6.07) is 13.5. The van der Waals surface area contributed by atoms with Gasteiger partial charge in [-0.05, 0) is 42.0 Å². The van der Waals surface area contributed by atoms with Gasteiger partial charge in [-0.1, -0.05) is 12.1 Å². The second-order valence-electron chi connectivity index (χ2n) is 5.75. The standard InChI is InChI=1S/C20H19FN2O3/c1-25-17-8-4-15(5-9-17)18-13-23-20(26-18)11-10-19(24)22-12-14-2-6-16(21)7-3-14/h2-9,13H,10-12H2,1H3,(H,22,24). The molecule has 1 aromatic heterocycles. The second kappa shape index (κ2) is 8.29. The molecule has 0 bridgehead atoms. The molecule has 0 aliphatic carbocycles. The number of aryl methyl sites for hydroxylation is 1. The molecule has 0 aliphatic heterocycles. The molecule has 3 aromatic rings. The van der Waals surface area contributed by atoms with Crippen molar-refractivity contribution in [1.29, 1.82) is 0 Å². The molecule has 5 nitrogen and oxygen atoms in total. The van der Waals surface area contributed by atoms with Crippen molar-refractivity contribution >= 4 is 5.91 Å². The first kappa shape index (κ1) is 17.7. The minimum Gasteiger partial charge on any atom is -0.497 e. The highest BCUT2D eigenvalue weighted by atomic mass is 19.1. The maximum Gasteiger partial charge on any atom is 0.220 e. The fourth-order valence-corrected chi connectivity index (χ4v) is 2.43. The number of amides is 1. The molecule has 1 heterocycles. The van der Waals surface area contributed by atoms with Gasteiger partial charge in [0.05, 0.1) is 13.3 Å². The van der Waals surface area contributed by atoms with Crippen molar-refractivity contribution in [2.24, 2.45) is 0 Å². The molecule has 26 heavy (non-hydrogen) atoms. The number of hydrogen-bond acceptors (Lipinski definition) is 4. The average Bonchev–Trinajstić information content (AvgIpc) is 3.15. The van der Waals surface area contributed by atoms with Crippen LogP contribution in [0.5, 0.6) is 5.75 Å². The first-order chi connectivity index (χ1) is 12.6. The predicted molar refractivity (Wildman–Crippen MR) is 95.1 cm³/mol. The summed E-state index contributed by atoms with van der Waals surface area (Å²) in [6.45, 7) is 0.363. The van der Waals surface area contributed by atoms with Crippen molar-refractivity contribution in [3.8, 4) is 17.1 Å². The van der Waals surface area contributed by atoms with Crippen LogP contribution in [0.4, 0.5) is 4.39 Å². The maximum atomic E-state index is 12.8. The third kappa shape index (κ3) is 4.69. The molecule has 0 fully saturated rings. The van der Waals surface area contributed by atoms with E-state index < -0.39 is 0 Å². The van der Waals surface area contributed by atoms with Crippen molar-refractivity contribution < 1.29 is 18.3 Å². The van der Waals surface area contributed by atoms with Gasteiger partial charge in [-0.15, -0.1) is 0 Å². The van der Waals surface area contributed by atoms with Gasteiger partial charge in [-0.25, -0.2) is 9.37 Å². The van der Waals surface area contributed by atoms with Crippen LogP contribution in [0.1, 0.15) is 17.9 Å². The molecular formula is C20H19FN2O3. The summed E-state index contributed by atoms with van der Waals surface area (Å²) in [6.07, 6.45) is 2.32. The largest absolute Gasteiger partial charge is 0.497 e. The number of halogens is 1. The van der Waals surface area contributed by atoms with Crippen LogP contribution in [0.2, 0.25) is 0 Å². The number of rotatable bonds is 7. The predicted octanol–water partition coefficient (Wildman–Crippen LogP) is 3.74. The Morgan fingerprint density at radius 3 is 2.58 bits per heavy atom. The zero-order valence-corrected chi connectivity index (χ0v) is 14.4. The summed E-state index contributed by atoms with van der Waals surface area (Å²) < 4.78 is 23.7. The van der Waals surface area contributed by atoms with Crippen molar-refractivity contribution in [2.75, 3.05) is 7.11 Å². The Morgan fingerprint density at radius 1 is 1.15 bits per heavy atom. The maximum absolute atomic E-state index is 12.8. The lowest BCUT2D eigenvalue weighted by Gasteiger charge is -2.04.